The van der Waals surface area contributed by atoms with Crippen LogP contribution in [0.4, 0.5) is 0 Å². The molecule has 36 heavy (non-hydrogen) atoms. The van der Waals surface area contributed by atoms with E-state index >= 15 is 0 Å². The molecule has 0 atom stereocenters. The Morgan fingerprint density at radius 1 is 0.889 bits per heavy atom. The fourth-order valence-corrected chi connectivity index (χ4v) is 5.23. The topological polar surface area (TPSA) is 67.2 Å². The summed E-state index contributed by atoms with van der Waals surface area (Å²) in [6, 6.07) is 20.2. The number of carbonyl (C=O) groups excluding carboxylic acids is 1. The van der Waals surface area contributed by atoms with Gasteiger partial charge in [-0.15, -0.1) is 10.2 Å². The minimum atomic E-state index is 0.117. The van der Waals surface area contributed by atoms with Gasteiger partial charge in [0, 0.05) is 61.1 Å². The molecule has 1 fully saturated rings. The number of piperazine rings is 1. The second-order valence-corrected chi connectivity index (χ2v) is 9.87. The maximum atomic E-state index is 12.9. The number of benzene rings is 2. The summed E-state index contributed by atoms with van der Waals surface area (Å²) in [5, 5.41) is 9.85. The number of nitrogens with zero attached hydrogens (tertiary/aromatic N) is 6. The fraction of sp³-hybridized carbons (Fsp3) is 0.286. The number of thioether (sulfide) groups is 1. The number of aryl methyl sites for hydroxylation is 1. The van der Waals surface area contributed by atoms with Gasteiger partial charge < -0.3 is 9.80 Å². The van der Waals surface area contributed by atoms with Crippen LogP contribution in [-0.4, -0.2) is 68.2 Å². The summed E-state index contributed by atoms with van der Waals surface area (Å²) in [5.41, 5.74) is 5.07. The number of pyridine rings is 1. The highest BCUT2D eigenvalue weighted by Crippen LogP contribution is 2.30. The van der Waals surface area contributed by atoms with Crippen LogP contribution in [0.3, 0.4) is 0 Å². The van der Waals surface area contributed by atoms with Crippen LogP contribution >= 0.6 is 11.8 Å². The molecule has 0 saturated carbocycles. The quantitative estimate of drug-likeness (QED) is 0.344. The number of hydrogen-bond donors (Lipinski definition) is 0. The molecule has 1 aliphatic heterocycles. The molecule has 1 saturated heterocycles. The molecule has 1 amide bonds. The van der Waals surface area contributed by atoms with E-state index in [0.717, 1.165) is 71.8 Å². The standard InChI is InChI=1S/C28H30N6OS/c1-3-32-16-18-33(19-17-32)27(35)24-8-6-22(7-9-24)20-36-28-31-30-26(23-12-14-29-15-13-23)34(28)25-10-4-21(2)5-11-25/h4-15H,3,16-20H2,1-2H3. The molecule has 0 unspecified atom stereocenters. The van der Waals surface area contributed by atoms with E-state index in [9.17, 15) is 4.79 Å². The lowest BCUT2D eigenvalue weighted by atomic mass is 10.1. The number of rotatable bonds is 7. The van der Waals surface area contributed by atoms with Gasteiger partial charge in [-0.05, 0) is 55.4 Å². The van der Waals surface area contributed by atoms with Crippen LogP contribution in [0.1, 0.15) is 28.4 Å². The Morgan fingerprint density at radius 2 is 1.58 bits per heavy atom. The van der Waals surface area contributed by atoms with E-state index in [1.165, 1.54) is 5.56 Å². The van der Waals surface area contributed by atoms with Gasteiger partial charge in [-0.3, -0.25) is 14.3 Å². The predicted molar refractivity (Wildman–Crippen MR) is 143 cm³/mol. The Bertz CT molecular complexity index is 1300. The Balaban J connectivity index is 1.31. The number of likely N-dealkylation sites (N-methyl/N-ethyl adjacent to an activating group) is 1. The average molecular weight is 499 g/mol. The molecule has 184 valence electrons. The van der Waals surface area contributed by atoms with Crippen LogP contribution in [0, 0.1) is 6.92 Å². The van der Waals surface area contributed by atoms with Gasteiger partial charge in [0.05, 0.1) is 0 Å². The van der Waals surface area contributed by atoms with Crippen LogP contribution in [-0.2, 0) is 5.75 Å². The molecular formula is C28H30N6OS. The molecule has 2 aromatic carbocycles. The summed E-state index contributed by atoms with van der Waals surface area (Å²) in [5.74, 6) is 1.63. The summed E-state index contributed by atoms with van der Waals surface area (Å²) >= 11 is 1.63. The number of hydrogen-bond acceptors (Lipinski definition) is 6. The van der Waals surface area contributed by atoms with Gasteiger partial charge in [-0.2, -0.15) is 0 Å². The minimum absolute atomic E-state index is 0.117. The fourth-order valence-electron chi connectivity index (χ4n) is 4.32. The van der Waals surface area contributed by atoms with Crippen LogP contribution in [0.25, 0.3) is 17.1 Å². The highest BCUT2D eigenvalue weighted by molar-refractivity contribution is 7.98. The third kappa shape index (κ3) is 5.34. The normalized spacial score (nSPS) is 14.2. The summed E-state index contributed by atoms with van der Waals surface area (Å²) in [4.78, 5) is 21.4. The first-order chi connectivity index (χ1) is 17.6. The average Bonchev–Trinajstić information content (AvgIpc) is 3.37. The first-order valence-corrected chi connectivity index (χ1v) is 13.3. The van der Waals surface area contributed by atoms with E-state index < -0.39 is 0 Å². The maximum absolute atomic E-state index is 12.9. The summed E-state index contributed by atoms with van der Waals surface area (Å²) < 4.78 is 2.09. The molecule has 0 N–H and O–H groups in total. The summed E-state index contributed by atoms with van der Waals surface area (Å²) in [7, 11) is 0. The molecular weight excluding hydrogens is 468 g/mol. The number of aromatic nitrogens is 4. The Morgan fingerprint density at radius 3 is 2.25 bits per heavy atom. The molecule has 0 spiro atoms. The molecule has 2 aromatic heterocycles. The summed E-state index contributed by atoms with van der Waals surface area (Å²) in [6.07, 6.45) is 3.53. The van der Waals surface area contributed by atoms with Crippen molar-refractivity contribution in [2.45, 2.75) is 24.8 Å². The maximum Gasteiger partial charge on any atom is 0.253 e. The molecule has 1 aliphatic rings. The molecule has 5 rings (SSSR count). The van der Waals surface area contributed by atoms with Crippen LogP contribution in [0.15, 0.2) is 78.2 Å². The Hall–Kier alpha value is -3.49. The van der Waals surface area contributed by atoms with Crippen molar-refractivity contribution < 1.29 is 4.79 Å². The van der Waals surface area contributed by atoms with Crippen LogP contribution < -0.4 is 0 Å². The van der Waals surface area contributed by atoms with Gasteiger partial charge >= 0.3 is 0 Å². The molecule has 3 heterocycles. The predicted octanol–water partition coefficient (Wildman–Crippen LogP) is 4.71. The van der Waals surface area contributed by atoms with E-state index in [0.29, 0.717) is 0 Å². The zero-order chi connectivity index (χ0) is 24.9. The van der Waals surface area contributed by atoms with Gasteiger partial charge in [0.2, 0.25) is 0 Å². The largest absolute Gasteiger partial charge is 0.336 e. The highest BCUT2D eigenvalue weighted by atomic mass is 32.2. The number of carbonyl (C=O) groups is 1. The molecule has 4 aromatic rings. The monoisotopic (exact) mass is 498 g/mol. The first-order valence-electron chi connectivity index (χ1n) is 12.3. The van der Waals surface area contributed by atoms with Gasteiger partial charge in [-0.1, -0.05) is 48.5 Å². The van der Waals surface area contributed by atoms with E-state index in [1.54, 1.807) is 24.2 Å². The van der Waals surface area contributed by atoms with Crippen LogP contribution in [0.2, 0.25) is 0 Å². The highest BCUT2D eigenvalue weighted by Gasteiger charge is 2.21. The molecule has 7 nitrogen and oxygen atoms in total. The molecule has 8 heteroatoms. The first kappa shape index (κ1) is 24.2. The SMILES string of the molecule is CCN1CCN(C(=O)c2ccc(CSc3nnc(-c4ccncc4)n3-c3ccc(C)cc3)cc2)CC1. The van der Waals surface area contributed by atoms with Crippen molar-refractivity contribution in [2.75, 3.05) is 32.7 Å². The molecule has 0 aliphatic carbocycles. The van der Waals surface area contributed by atoms with Crippen molar-refractivity contribution in [2.24, 2.45) is 0 Å². The van der Waals surface area contributed by atoms with Crippen molar-refractivity contribution in [3.63, 3.8) is 0 Å². The van der Waals surface area contributed by atoms with E-state index in [2.05, 4.69) is 62.8 Å². The second-order valence-electron chi connectivity index (χ2n) is 8.93. The number of amides is 1. The van der Waals surface area contributed by atoms with E-state index in [1.807, 2.05) is 41.3 Å². The Labute approximate surface area is 216 Å². The molecule has 0 bridgehead atoms. The van der Waals surface area contributed by atoms with E-state index in [-0.39, 0.29) is 5.91 Å². The van der Waals surface area contributed by atoms with Gasteiger partial charge in [0.15, 0.2) is 11.0 Å². The minimum Gasteiger partial charge on any atom is -0.336 e. The zero-order valence-corrected chi connectivity index (χ0v) is 21.5. The zero-order valence-electron chi connectivity index (χ0n) is 20.7. The van der Waals surface area contributed by atoms with Crippen molar-refractivity contribution in [1.29, 1.82) is 0 Å². The van der Waals surface area contributed by atoms with Crippen molar-refractivity contribution in [3.8, 4) is 17.1 Å². The second kappa shape index (κ2) is 11.1. The Kier molecular flexibility index (Phi) is 7.44. The third-order valence-electron chi connectivity index (χ3n) is 6.54. The van der Waals surface area contributed by atoms with E-state index in [4.69, 9.17) is 0 Å². The summed E-state index contributed by atoms with van der Waals surface area (Å²) in [6.45, 7) is 8.75. The lowest BCUT2D eigenvalue weighted by Gasteiger charge is -2.34. The third-order valence-corrected chi connectivity index (χ3v) is 7.54. The molecule has 0 radical (unpaired) electrons. The van der Waals surface area contributed by atoms with Gasteiger partial charge in [0.25, 0.3) is 5.91 Å². The van der Waals surface area contributed by atoms with Crippen LogP contribution in [0.5, 0.6) is 0 Å². The van der Waals surface area contributed by atoms with Crippen molar-refractivity contribution in [3.05, 3.63) is 89.7 Å². The lowest BCUT2D eigenvalue weighted by Crippen LogP contribution is -2.48. The van der Waals surface area contributed by atoms with Gasteiger partial charge in [0.1, 0.15) is 0 Å². The van der Waals surface area contributed by atoms with Gasteiger partial charge in [-0.25, -0.2) is 0 Å². The smallest absolute Gasteiger partial charge is 0.253 e. The van der Waals surface area contributed by atoms with Crippen molar-refractivity contribution >= 4 is 17.7 Å². The van der Waals surface area contributed by atoms with Crippen molar-refractivity contribution in [1.82, 2.24) is 29.5 Å². The lowest BCUT2D eigenvalue weighted by molar-refractivity contribution is 0.0643.